The van der Waals surface area contributed by atoms with Crippen LogP contribution in [0.2, 0.25) is 0 Å². The second-order valence-electron chi connectivity index (χ2n) is 7.91. The Balaban J connectivity index is 2.43. The van der Waals surface area contributed by atoms with Gasteiger partial charge in [0.05, 0.1) is 0 Å². The minimum Gasteiger partial charge on any atom is -0.339 e. The lowest BCUT2D eigenvalue weighted by Gasteiger charge is -2.52. The van der Waals surface area contributed by atoms with Crippen molar-refractivity contribution in [3.05, 3.63) is 39.1 Å². The molecule has 1 unspecified atom stereocenters. The lowest BCUT2D eigenvalue weighted by molar-refractivity contribution is 0.391. The van der Waals surface area contributed by atoms with Gasteiger partial charge in [-0.3, -0.25) is 0 Å². The fraction of sp³-hybridized carbons (Fsp3) is 0.600. The number of nitrogens with zero attached hydrogens (tertiary/aromatic N) is 1. The van der Waals surface area contributed by atoms with Gasteiger partial charge in [0.2, 0.25) is 0 Å². The van der Waals surface area contributed by atoms with Crippen LogP contribution in [0.15, 0.2) is 11.3 Å². The zero-order valence-electron chi connectivity index (χ0n) is 14.9. The third-order valence-corrected chi connectivity index (χ3v) is 6.05. The summed E-state index contributed by atoms with van der Waals surface area (Å²) in [5.74, 6) is 0.649. The Labute approximate surface area is 130 Å². The average molecular weight is 283 g/mol. The average Bonchev–Trinajstić information content (AvgIpc) is 2.37. The Morgan fingerprint density at radius 3 is 2.19 bits per heavy atom. The van der Waals surface area contributed by atoms with Crippen molar-refractivity contribution in [2.75, 3.05) is 4.90 Å². The predicted molar refractivity (Wildman–Crippen MR) is 92.3 cm³/mol. The van der Waals surface area contributed by atoms with E-state index in [1.54, 1.807) is 16.8 Å². The van der Waals surface area contributed by atoms with Crippen LogP contribution in [0.4, 0.5) is 5.69 Å². The highest BCUT2D eigenvalue weighted by Gasteiger charge is 2.42. The second kappa shape index (κ2) is 4.38. The topological polar surface area (TPSA) is 3.24 Å². The summed E-state index contributed by atoms with van der Waals surface area (Å²) in [6.45, 7) is 18.8. The van der Waals surface area contributed by atoms with Gasteiger partial charge < -0.3 is 4.90 Å². The summed E-state index contributed by atoms with van der Waals surface area (Å²) in [6, 6.07) is 0. The number of allylic oxidation sites excluding steroid dienone is 2. The molecule has 0 aliphatic carbocycles. The highest BCUT2D eigenvalue weighted by Crippen LogP contribution is 2.52. The molecule has 2 aliphatic rings. The van der Waals surface area contributed by atoms with E-state index in [0.29, 0.717) is 5.92 Å². The maximum Gasteiger partial charge on any atom is 0.0489 e. The van der Waals surface area contributed by atoms with Crippen molar-refractivity contribution < 1.29 is 0 Å². The van der Waals surface area contributed by atoms with Gasteiger partial charge >= 0.3 is 0 Å². The zero-order chi connectivity index (χ0) is 15.7. The molecule has 114 valence electrons. The highest BCUT2D eigenvalue weighted by atomic mass is 15.2. The minimum atomic E-state index is 0.209. The molecule has 21 heavy (non-hydrogen) atoms. The van der Waals surface area contributed by atoms with Gasteiger partial charge in [-0.25, -0.2) is 0 Å². The molecule has 2 heterocycles. The molecule has 1 atom stereocenters. The Morgan fingerprint density at radius 2 is 1.57 bits per heavy atom. The third kappa shape index (κ3) is 1.82. The molecule has 0 fully saturated rings. The standard InChI is InChI=1S/C20H29N/c1-11-9-17-14(4)13(3)15(5)18-12(2)10-20(7,8)21(16(11)6)19(17)18/h12H,9-10H2,1-8H3. The molecule has 0 saturated carbocycles. The smallest absolute Gasteiger partial charge is 0.0489 e. The molecular weight excluding hydrogens is 254 g/mol. The van der Waals surface area contributed by atoms with E-state index in [-0.39, 0.29) is 5.54 Å². The van der Waals surface area contributed by atoms with E-state index >= 15 is 0 Å². The SMILES string of the molecule is CC1=C(C)N2c3c(c(C)c(C)c(C)c3C(C)CC2(C)C)C1. The summed E-state index contributed by atoms with van der Waals surface area (Å²) in [5, 5.41) is 0. The fourth-order valence-electron chi connectivity index (χ4n) is 4.75. The fourth-order valence-corrected chi connectivity index (χ4v) is 4.75. The second-order valence-corrected chi connectivity index (χ2v) is 7.91. The van der Waals surface area contributed by atoms with E-state index in [1.165, 1.54) is 34.4 Å². The van der Waals surface area contributed by atoms with Crippen molar-refractivity contribution in [3.8, 4) is 0 Å². The Bertz CT molecular complexity index is 661. The maximum atomic E-state index is 2.65. The molecule has 0 saturated heterocycles. The first-order chi connectivity index (χ1) is 9.66. The normalized spacial score (nSPS) is 23.4. The van der Waals surface area contributed by atoms with Crippen molar-refractivity contribution in [3.63, 3.8) is 0 Å². The zero-order valence-corrected chi connectivity index (χ0v) is 14.9. The van der Waals surface area contributed by atoms with Gasteiger partial charge in [-0.05, 0) is 101 Å². The van der Waals surface area contributed by atoms with Crippen molar-refractivity contribution in [2.45, 2.75) is 79.7 Å². The van der Waals surface area contributed by atoms with Crippen molar-refractivity contribution in [2.24, 2.45) is 0 Å². The highest BCUT2D eigenvalue weighted by molar-refractivity contribution is 5.75. The summed E-state index contributed by atoms with van der Waals surface area (Å²) in [6.07, 6.45) is 2.35. The molecule has 0 amide bonds. The van der Waals surface area contributed by atoms with Crippen LogP contribution in [0.1, 0.15) is 74.8 Å². The molecule has 1 heteroatoms. The molecule has 0 N–H and O–H groups in total. The van der Waals surface area contributed by atoms with E-state index in [9.17, 15) is 0 Å². The monoisotopic (exact) mass is 283 g/mol. The van der Waals surface area contributed by atoms with Gasteiger partial charge in [-0.2, -0.15) is 0 Å². The summed E-state index contributed by atoms with van der Waals surface area (Å²) in [7, 11) is 0. The lowest BCUT2D eigenvalue weighted by atomic mass is 9.72. The van der Waals surface area contributed by atoms with Crippen LogP contribution < -0.4 is 4.90 Å². The third-order valence-electron chi connectivity index (χ3n) is 6.05. The molecule has 3 rings (SSSR count). The van der Waals surface area contributed by atoms with E-state index in [2.05, 4.69) is 60.3 Å². The van der Waals surface area contributed by atoms with E-state index in [0.717, 1.165) is 6.42 Å². The number of hydrogen-bond acceptors (Lipinski definition) is 1. The molecule has 0 aromatic heterocycles. The van der Waals surface area contributed by atoms with Crippen LogP contribution in [0.3, 0.4) is 0 Å². The molecule has 0 spiro atoms. The Morgan fingerprint density at radius 1 is 0.952 bits per heavy atom. The number of hydrogen-bond donors (Lipinski definition) is 0. The van der Waals surface area contributed by atoms with Gasteiger partial charge in [-0.15, -0.1) is 0 Å². The first-order valence-electron chi connectivity index (χ1n) is 8.26. The van der Waals surface area contributed by atoms with E-state index in [1.807, 2.05) is 0 Å². The largest absolute Gasteiger partial charge is 0.339 e. The molecule has 1 aromatic carbocycles. The van der Waals surface area contributed by atoms with Crippen molar-refractivity contribution in [1.82, 2.24) is 0 Å². The Kier molecular flexibility index (Phi) is 3.06. The van der Waals surface area contributed by atoms with Crippen molar-refractivity contribution >= 4 is 5.69 Å². The quantitative estimate of drug-likeness (QED) is 0.603. The first-order valence-corrected chi connectivity index (χ1v) is 8.26. The Hall–Kier alpha value is -1.24. The summed E-state index contributed by atoms with van der Waals surface area (Å²) in [4.78, 5) is 2.65. The lowest BCUT2D eigenvalue weighted by Crippen LogP contribution is -2.49. The van der Waals surface area contributed by atoms with Gasteiger partial charge in [-0.1, -0.05) is 6.92 Å². The molecule has 2 aliphatic heterocycles. The van der Waals surface area contributed by atoms with Crippen molar-refractivity contribution in [1.29, 1.82) is 0 Å². The summed E-state index contributed by atoms with van der Waals surface area (Å²) >= 11 is 0. The van der Waals surface area contributed by atoms with E-state index < -0.39 is 0 Å². The molecule has 1 nitrogen and oxygen atoms in total. The van der Waals surface area contributed by atoms with Gasteiger partial charge in [0.15, 0.2) is 0 Å². The van der Waals surface area contributed by atoms with Crippen LogP contribution in [-0.2, 0) is 6.42 Å². The molecule has 1 aromatic rings. The summed E-state index contributed by atoms with van der Waals surface area (Å²) < 4.78 is 0. The number of rotatable bonds is 0. The van der Waals surface area contributed by atoms with Crippen LogP contribution in [0.25, 0.3) is 0 Å². The number of anilines is 1. The first kappa shape index (κ1) is 14.7. The minimum absolute atomic E-state index is 0.209. The van der Waals surface area contributed by atoms with Gasteiger partial charge in [0.25, 0.3) is 0 Å². The van der Waals surface area contributed by atoms with Gasteiger partial charge in [0, 0.05) is 16.9 Å². The van der Waals surface area contributed by atoms with Crippen LogP contribution >= 0.6 is 0 Å². The van der Waals surface area contributed by atoms with Crippen LogP contribution in [0, 0.1) is 20.8 Å². The molecular formula is C20H29N. The van der Waals surface area contributed by atoms with Gasteiger partial charge in [0.1, 0.15) is 0 Å². The predicted octanol–water partition coefficient (Wildman–Crippen LogP) is 5.55. The summed E-state index contributed by atoms with van der Waals surface area (Å²) in [5.41, 5.74) is 12.5. The van der Waals surface area contributed by atoms with Crippen LogP contribution in [-0.4, -0.2) is 5.54 Å². The number of benzene rings is 1. The van der Waals surface area contributed by atoms with Crippen LogP contribution in [0.5, 0.6) is 0 Å². The molecule has 0 bridgehead atoms. The maximum absolute atomic E-state index is 2.65. The molecule has 0 radical (unpaired) electrons. The van der Waals surface area contributed by atoms with E-state index in [4.69, 9.17) is 0 Å².